The van der Waals surface area contributed by atoms with Crippen LogP contribution >= 0.6 is 0 Å². The molecule has 0 aromatic heterocycles. The van der Waals surface area contributed by atoms with Crippen molar-refractivity contribution < 1.29 is 14.7 Å². The average molecular weight is 322 g/mol. The number of nitrogens with zero attached hydrogens (tertiary/aromatic N) is 1. The summed E-state index contributed by atoms with van der Waals surface area (Å²) < 4.78 is 0. The number of aromatic hydroxyl groups is 1. The maximum absolute atomic E-state index is 12.4. The van der Waals surface area contributed by atoms with Crippen molar-refractivity contribution in [3.63, 3.8) is 0 Å². The minimum absolute atomic E-state index is 0.0871. The number of hydrogen-bond donors (Lipinski definition) is 2. The highest BCUT2D eigenvalue weighted by Gasteiger charge is 2.28. The summed E-state index contributed by atoms with van der Waals surface area (Å²) in [5.74, 6) is -0.248. The molecule has 0 bridgehead atoms. The third-order valence-corrected chi connectivity index (χ3v) is 3.98. The normalized spacial score (nSPS) is 15.7. The van der Waals surface area contributed by atoms with Gasteiger partial charge in [0.05, 0.1) is 12.5 Å². The Labute approximate surface area is 140 Å². The highest BCUT2D eigenvalue weighted by atomic mass is 16.3. The van der Waals surface area contributed by atoms with Gasteiger partial charge in [-0.25, -0.2) is 0 Å². The van der Waals surface area contributed by atoms with Gasteiger partial charge < -0.3 is 15.3 Å². The Balaban J connectivity index is 1.82. The molecule has 0 aliphatic carbocycles. The van der Waals surface area contributed by atoms with Crippen LogP contribution in [0.1, 0.15) is 30.5 Å². The lowest BCUT2D eigenvalue weighted by atomic mass is 9.93. The van der Waals surface area contributed by atoms with Gasteiger partial charge >= 0.3 is 0 Å². The summed E-state index contributed by atoms with van der Waals surface area (Å²) in [6, 6.07) is 13.8. The molecule has 3 rings (SSSR count). The van der Waals surface area contributed by atoms with Crippen molar-refractivity contribution >= 4 is 23.6 Å². The van der Waals surface area contributed by atoms with E-state index in [1.807, 2.05) is 30.3 Å². The Morgan fingerprint density at radius 2 is 1.96 bits per heavy atom. The number of anilines is 1. The zero-order valence-electron chi connectivity index (χ0n) is 13.3. The second-order valence-electron chi connectivity index (χ2n) is 5.69. The summed E-state index contributed by atoms with van der Waals surface area (Å²) in [6.45, 7) is 1.48. The van der Waals surface area contributed by atoms with Gasteiger partial charge in [0.1, 0.15) is 5.75 Å². The monoisotopic (exact) mass is 322 g/mol. The van der Waals surface area contributed by atoms with Gasteiger partial charge in [-0.3, -0.25) is 9.59 Å². The zero-order chi connectivity index (χ0) is 17.1. The minimum atomic E-state index is -0.346. The Morgan fingerprint density at radius 1 is 1.17 bits per heavy atom. The summed E-state index contributed by atoms with van der Waals surface area (Å²) in [6.07, 6.45) is 3.73. The quantitative estimate of drug-likeness (QED) is 0.911. The summed E-state index contributed by atoms with van der Waals surface area (Å²) in [5, 5.41) is 12.2. The standard InChI is InChI=1S/C19H18N2O3/c1-13(22)21-10-9-14-5-2-3-8-17(14)18(21)12-19(24)20-15-6-4-7-16(23)11-15/h2-11,18,23H,12H2,1H3,(H,20,24). The van der Waals surface area contributed by atoms with E-state index in [0.717, 1.165) is 11.1 Å². The molecule has 122 valence electrons. The molecule has 5 heteroatoms. The molecule has 24 heavy (non-hydrogen) atoms. The Kier molecular flexibility index (Phi) is 4.33. The highest BCUT2D eigenvalue weighted by Crippen LogP contribution is 2.33. The SMILES string of the molecule is CC(=O)N1C=Cc2ccccc2C1CC(=O)Nc1cccc(O)c1. The van der Waals surface area contributed by atoms with Crippen molar-refractivity contribution in [1.29, 1.82) is 0 Å². The van der Waals surface area contributed by atoms with Gasteiger partial charge in [0.2, 0.25) is 11.8 Å². The average Bonchev–Trinajstić information content (AvgIpc) is 2.54. The van der Waals surface area contributed by atoms with Crippen LogP contribution in [0.15, 0.2) is 54.7 Å². The molecule has 0 radical (unpaired) electrons. The van der Waals surface area contributed by atoms with Gasteiger partial charge in [-0.05, 0) is 29.3 Å². The number of hydrogen-bond acceptors (Lipinski definition) is 3. The van der Waals surface area contributed by atoms with Gasteiger partial charge in [-0.1, -0.05) is 30.3 Å². The largest absolute Gasteiger partial charge is 0.508 e. The number of amides is 2. The summed E-state index contributed by atoms with van der Waals surface area (Å²) in [7, 11) is 0. The van der Waals surface area contributed by atoms with E-state index in [2.05, 4.69) is 5.32 Å². The first kappa shape index (κ1) is 15.8. The molecule has 0 spiro atoms. The molecule has 0 fully saturated rings. The van der Waals surface area contributed by atoms with Gasteiger partial charge in [-0.15, -0.1) is 0 Å². The van der Waals surface area contributed by atoms with Crippen molar-refractivity contribution in [3.05, 3.63) is 65.9 Å². The molecule has 0 saturated carbocycles. The van der Waals surface area contributed by atoms with E-state index in [1.165, 1.54) is 19.1 Å². The molecular formula is C19H18N2O3. The lowest BCUT2D eigenvalue weighted by Crippen LogP contribution is -2.33. The van der Waals surface area contributed by atoms with Crippen molar-refractivity contribution in [2.45, 2.75) is 19.4 Å². The Hall–Kier alpha value is -3.08. The molecule has 2 aromatic rings. The first-order chi connectivity index (χ1) is 11.5. The fourth-order valence-electron chi connectivity index (χ4n) is 2.88. The Bertz CT molecular complexity index is 814. The van der Waals surface area contributed by atoms with Crippen LogP contribution in [0, 0.1) is 0 Å². The molecule has 0 saturated heterocycles. The highest BCUT2D eigenvalue weighted by molar-refractivity contribution is 5.92. The first-order valence-electron chi connectivity index (χ1n) is 7.69. The van der Waals surface area contributed by atoms with Crippen LogP contribution in [0.4, 0.5) is 5.69 Å². The second-order valence-corrected chi connectivity index (χ2v) is 5.69. The summed E-state index contributed by atoms with van der Waals surface area (Å²) >= 11 is 0. The van der Waals surface area contributed by atoms with E-state index in [4.69, 9.17) is 0 Å². The van der Waals surface area contributed by atoms with E-state index in [1.54, 1.807) is 23.2 Å². The zero-order valence-corrected chi connectivity index (χ0v) is 13.3. The number of rotatable bonds is 3. The van der Waals surface area contributed by atoms with Crippen molar-refractivity contribution in [2.24, 2.45) is 0 Å². The molecule has 1 heterocycles. The van der Waals surface area contributed by atoms with E-state index in [9.17, 15) is 14.7 Å². The third-order valence-electron chi connectivity index (χ3n) is 3.98. The molecule has 1 aliphatic rings. The number of benzene rings is 2. The summed E-state index contributed by atoms with van der Waals surface area (Å²) in [4.78, 5) is 25.9. The lowest BCUT2D eigenvalue weighted by Gasteiger charge is -2.32. The number of phenolic OH excluding ortho intramolecular Hbond substituents is 1. The molecule has 5 nitrogen and oxygen atoms in total. The maximum Gasteiger partial charge on any atom is 0.226 e. The van der Waals surface area contributed by atoms with Crippen LogP contribution in [0.2, 0.25) is 0 Å². The van der Waals surface area contributed by atoms with Crippen LogP contribution in [-0.2, 0) is 9.59 Å². The topological polar surface area (TPSA) is 69.6 Å². The smallest absolute Gasteiger partial charge is 0.226 e. The third kappa shape index (κ3) is 3.30. The molecular weight excluding hydrogens is 304 g/mol. The number of phenols is 1. The fraction of sp³-hybridized carbons (Fsp3) is 0.158. The van der Waals surface area contributed by atoms with Gasteiger partial charge in [0, 0.05) is 24.9 Å². The number of fused-ring (bicyclic) bond motifs is 1. The van der Waals surface area contributed by atoms with Crippen molar-refractivity contribution in [2.75, 3.05) is 5.32 Å². The van der Waals surface area contributed by atoms with E-state index >= 15 is 0 Å². The van der Waals surface area contributed by atoms with E-state index < -0.39 is 0 Å². The van der Waals surface area contributed by atoms with Crippen molar-refractivity contribution in [3.8, 4) is 5.75 Å². The van der Waals surface area contributed by atoms with Crippen LogP contribution in [0.3, 0.4) is 0 Å². The molecule has 1 aliphatic heterocycles. The molecule has 2 N–H and O–H groups in total. The summed E-state index contributed by atoms with van der Waals surface area (Å²) in [5.41, 5.74) is 2.47. The van der Waals surface area contributed by atoms with Gasteiger partial charge in [0.25, 0.3) is 0 Å². The maximum atomic E-state index is 12.4. The molecule has 1 unspecified atom stereocenters. The Morgan fingerprint density at radius 3 is 2.71 bits per heavy atom. The van der Waals surface area contributed by atoms with Crippen LogP contribution in [0.25, 0.3) is 6.08 Å². The predicted molar refractivity (Wildman–Crippen MR) is 92.1 cm³/mol. The number of carbonyl (C=O) groups is 2. The molecule has 1 atom stereocenters. The molecule has 2 aromatic carbocycles. The predicted octanol–water partition coefficient (Wildman–Crippen LogP) is 3.29. The van der Waals surface area contributed by atoms with Crippen LogP contribution in [-0.4, -0.2) is 21.8 Å². The van der Waals surface area contributed by atoms with Crippen molar-refractivity contribution in [1.82, 2.24) is 4.90 Å². The fourth-order valence-corrected chi connectivity index (χ4v) is 2.88. The van der Waals surface area contributed by atoms with Crippen LogP contribution < -0.4 is 5.32 Å². The minimum Gasteiger partial charge on any atom is -0.508 e. The van der Waals surface area contributed by atoms with Gasteiger partial charge in [0.15, 0.2) is 0 Å². The van der Waals surface area contributed by atoms with E-state index in [0.29, 0.717) is 5.69 Å². The second kappa shape index (κ2) is 6.58. The van der Waals surface area contributed by atoms with Crippen LogP contribution in [0.5, 0.6) is 5.75 Å². The van der Waals surface area contributed by atoms with E-state index in [-0.39, 0.29) is 30.0 Å². The molecule has 2 amide bonds. The lowest BCUT2D eigenvalue weighted by molar-refractivity contribution is -0.129. The van der Waals surface area contributed by atoms with Gasteiger partial charge in [-0.2, -0.15) is 0 Å². The number of nitrogens with one attached hydrogen (secondary N) is 1. The first-order valence-corrected chi connectivity index (χ1v) is 7.69. The number of carbonyl (C=O) groups excluding carboxylic acids is 2.